The van der Waals surface area contributed by atoms with Gasteiger partial charge in [-0.1, -0.05) is 19.0 Å². The molecule has 0 fully saturated rings. The highest BCUT2D eigenvalue weighted by atomic mass is 32.2. The Morgan fingerprint density at radius 1 is 1.36 bits per heavy atom. The fourth-order valence-electron chi connectivity index (χ4n) is 1.87. The van der Waals surface area contributed by atoms with Crippen molar-refractivity contribution in [3.8, 4) is 0 Å². The van der Waals surface area contributed by atoms with Crippen molar-refractivity contribution in [1.82, 2.24) is 15.1 Å². The minimum atomic E-state index is -3.29. The van der Waals surface area contributed by atoms with E-state index in [1.165, 1.54) is 12.3 Å². The molecule has 0 spiro atoms. The molecule has 0 atom stereocenters. The van der Waals surface area contributed by atoms with Gasteiger partial charge in [-0.25, -0.2) is 13.4 Å². The lowest BCUT2D eigenvalue weighted by atomic mass is 10.2. The standard InChI is InChI=1S/C14H20N4O3S/c1-10(2)13-17-12(21-18-13)7-5-9-16-14-11(22(3,19)20)6-4-8-15-14/h4,6,8,10H,5,7,9H2,1-3H3,(H,15,16). The lowest BCUT2D eigenvalue weighted by Gasteiger charge is -2.08. The first-order valence-corrected chi connectivity index (χ1v) is 8.98. The van der Waals surface area contributed by atoms with E-state index >= 15 is 0 Å². The lowest BCUT2D eigenvalue weighted by Crippen LogP contribution is -2.09. The minimum Gasteiger partial charge on any atom is -0.369 e. The van der Waals surface area contributed by atoms with Crippen LogP contribution in [0.15, 0.2) is 27.7 Å². The van der Waals surface area contributed by atoms with Gasteiger partial charge in [0.05, 0.1) is 0 Å². The maximum absolute atomic E-state index is 11.7. The average molecular weight is 324 g/mol. The zero-order chi connectivity index (χ0) is 16.2. The zero-order valence-corrected chi connectivity index (χ0v) is 13.7. The number of hydrogen-bond acceptors (Lipinski definition) is 7. The number of anilines is 1. The van der Waals surface area contributed by atoms with Gasteiger partial charge in [0, 0.05) is 31.3 Å². The summed E-state index contributed by atoms with van der Waals surface area (Å²) < 4.78 is 28.5. The molecular formula is C14H20N4O3S. The molecule has 0 aromatic carbocycles. The summed E-state index contributed by atoms with van der Waals surface area (Å²) in [5.41, 5.74) is 0. The van der Waals surface area contributed by atoms with Crippen LogP contribution >= 0.6 is 0 Å². The number of nitrogens with one attached hydrogen (secondary N) is 1. The van der Waals surface area contributed by atoms with Crippen LogP contribution in [-0.2, 0) is 16.3 Å². The van der Waals surface area contributed by atoms with Crippen LogP contribution < -0.4 is 5.32 Å². The average Bonchev–Trinajstić information content (AvgIpc) is 2.92. The number of nitrogens with zero attached hydrogens (tertiary/aromatic N) is 3. The van der Waals surface area contributed by atoms with Gasteiger partial charge < -0.3 is 9.84 Å². The van der Waals surface area contributed by atoms with Crippen molar-refractivity contribution in [3.63, 3.8) is 0 Å². The number of pyridine rings is 1. The molecule has 2 aromatic heterocycles. The zero-order valence-electron chi connectivity index (χ0n) is 12.9. The van der Waals surface area contributed by atoms with Crippen LogP contribution in [0.4, 0.5) is 5.82 Å². The summed E-state index contributed by atoms with van der Waals surface area (Å²) >= 11 is 0. The Morgan fingerprint density at radius 2 is 2.14 bits per heavy atom. The third-order valence-corrected chi connectivity index (χ3v) is 4.16. The summed E-state index contributed by atoms with van der Waals surface area (Å²) in [7, 11) is -3.29. The fourth-order valence-corrected chi connectivity index (χ4v) is 2.67. The largest absolute Gasteiger partial charge is 0.369 e. The van der Waals surface area contributed by atoms with Crippen molar-refractivity contribution in [3.05, 3.63) is 30.0 Å². The Morgan fingerprint density at radius 3 is 2.77 bits per heavy atom. The second-order valence-corrected chi connectivity index (χ2v) is 7.34. The Balaban J connectivity index is 1.89. The predicted octanol–water partition coefficient (Wildman–Crippen LogP) is 2.04. The normalized spacial score (nSPS) is 11.8. The molecule has 0 saturated carbocycles. The molecule has 0 amide bonds. The first-order valence-electron chi connectivity index (χ1n) is 7.09. The molecule has 1 N–H and O–H groups in total. The highest BCUT2D eigenvalue weighted by Crippen LogP contribution is 2.17. The topological polar surface area (TPSA) is 98.0 Å². The maximum atomic E-state index is 11.7. The molecule has 0 aliphatic rings. The smallest absolute Gasteiger partial charge is 0.226 e. The number of aryl methyl sites for hydroxylation is 1. The highest BCUT2D eigenvalue weighted by molar-refractivity contribution is 7.90. The Bertz CT molecular complexity index is 725. The summed E-state index contributed by atoms with van der Waals surface area (Å²) in [6, 6.07) is 3.14. The van der Waals surface area contributed by atoms with Crippen LogP contribution in [0.3, 0.4) is 0 Å². The van der Waals surface area contributed by atoms with Gasteiger partial charge >= 0.3 is 0 Å². The molecule has 7 nitrogen and oxygen atoms in total. The molecule has 8 heteroatoms. The summed E-state index contributed by atoms with van der Waals surface area (Å²) in [4.78, 5) is 8.57. The first kappa shape index (κ1) is 16.4. The van der Waals surface area contributed by atoms with E-state index in [9.17, 15) is 8.42 Å². The molecule has 0 aliphatic heterocycles. The summed E-state index contributed by atoms with van der Waals surface area (Å²) in [5.74, 6) is 1.90. The third-order valence-electron chi connectivity index (χ3n) is 3.03. The molecule has 2 rings (SSSR count). The number of hydrogen-bond donors (Lipinski definition) is 1. The monoisotopic (exact) mass is 324 g/mol. The van der Waals surface area contributed by atoms with E-state index in [1.54, 1.807) is 12.3 Å². The Hall–Kier alpha value is -1.96. The highest BCUT2D eigenvalue weighted by Gasteiger charge is 2.13. The van der Waals surface area contributed by atoms with Gasteiger partial charge in [0.25, 0.3) is 0 Å². The Labute approximate surface area is 130 Å². The van der Waals surface area contributed by atoms with Gasteiger partial charge in [0.2, 0.25) is 5.89 Å². The van der Waals surface area contributed by atoms with Crippen LogP contribution in [0.5, 0.6) is 0 Å². The van der Waals surface area contributed by atoms with Crippen LogP contribution in [0, 0.1) is 0 Å². The third kappa shape index (κ3) is 4.27. The second kappa shape index (κ2) is 6.87. The Kier molecular flexibility index (Phi) is 5.12. The predicted molar refractivity (Wildman–Crippen MR) is 82.5 cm³/mol. The summed E-state index contributed by atoms with van der Waals surface area (Å²) in [5, 5.41) is 6.94. The van der Waals surface area contributed by atoms with Gasteiger partial charge in [-0.15, -0.1) is 0 Å². The molecule has 120 valence electrons. The summed E-state index contributed by atoms with van der Waals surface area (Å²) in [6.45, 7) is 4.58. The van der Waals surface area contributed by atoms with Gasteiger partial charge in [-0.2, -0.15) is 4.98 Å². The second-order valence-electron chi connectivity index (χ2n) is 5.35. The van der Waals surface area contributed by atoms with Gasteiger partial charge in [0.15, 0.2) is 15.7 Å². The van der Waals surface area contributed by atoms with Crippen molar-refractivity contribution in [2.75, 3.05) is 18.1 Å². The molecule has 0 bridgehead atoms. The summed E-state index contributed by atoms with van der Waals surface area (Å²) in [6.07, 6.45) is 4.10. The number of aromatic nitrogens is 3. The van der Waals surface area contributed by atoms with Crippen molar-refractivity contribution in [1.29, 1.82) is 0 Å². The van der Waals surface area contributed by atoms with E-state index in [0.29, 0.717) is 30.5 Å². The lowest BCUT2D eigenvalue weighted by molar-refractivity contribution is 0.369. The number of sulfone groups is 1. The number of rotatable bonds is 7. The molecule has 2 heterocycles. The van der Waals surface area contributed by atoms with Crippen molar-refractivity contribution >= 4 is 15.7 Å². The van der Waals surface area contributed by atoms with E-state index in [4.69, 9.17) is 4.52 Å². The maximum Gasteiger partial charge on any atom is 0.226 e. The van der Waals surface area contributed by atoms with Crippen LogP contribution in [0.2, 0.25) is 0 Å². The van der Waals surface area contributed by atoms with Crippen LogP contribution in [0.1, 0.15) is 37.9 Å². The van der Waals surface area contributed by atoms with Gasteiger partial charge in [-0.3, -0.25) is 0 Å². The fraction of sp³-hybridized carbons (Fsp3) is 0.500. The van der Waals surface area contributed by atoms with E-state index in [0.717, 1.165) is 6.42 Å². The molecule has 2 aromatic rings. The van der Waals surface area contributed by atoms with Crippen molar-refractivity contribution in [2.45, 2.75) is 37.5 Å². The van der Waals surface area contributed by atoms with Crippen LogP contribution in [-0.4, -0.2) is 36.3 Å². The van der Waals surface area contributed by atoms with Gasteiger partial charge in [0.1, 0.15) is 10.7 Å². The quantitative estimate of drug-likeness (QED) is 0.778. The molecule has 0 unspecified atom stereocenters. The SMILES string of the molecule is CC(C)c1noc(CCCNc2ncccc2S(C)(=O)=O)n1. The molecule has 0 aliphatic carbocycles. The van der Waals surface area contributed by atoms with Crippen LogP contribution in [0.25, 0.3) is 0 Å². The van der Waals surface area contributed by atoms with E-state index < -0.39 is 9.84 Å². The molecule has 22 heavy (non-hydrogen) atoms. The van der Waals surface area contributed by atoms with E-state index in [1.807, 2.05) is 13.8 Å². The molecule has 0 radical (unpaired) electrons. The first-order chi connectivity index (χ1) is 10.4. The van der Waals surface area contributed by atoms with Crippen molar-refractivity contribution < 1.29 is 12.9 Å². The van der Waals surface area contributed by atoms with E-state index in [2.05, 4.69) is 20.4 Å². The molecular weight excluding hydrogens is 304 g/mol. The van der Waals surface area contributed by atoms with Gasteiger partial charge in [-0.05, 0) is 18.6 Å². The van der Waals surface area contributed by atoms with E-state index in [-0.39, 0.29) is 10.8 Å². The molecule has 0 saturated heterocycles. The minimum absolute atomic E-state index is 0.204. The van der Waals surface area contributed by atoms with Crippen molar-refractivity contribution in [2.24, 2.45) is 0 Å².